The van der Waals surface area contributed by atoms with Gasteiger partial charge in [0.15, 0.2) is 11.5 Å². The van der Waals surface area contributed by atoms with Crippen LogP contribution >= 0.6 is 0 Å². The van der Waals surface area contributed by atoms with Crippen LogP contribution in [-0.4, -0.2) is 38.3 Å². The quantitative estimate of drug-likeness (QED) is 0.799. The Bertz CT molecular complexity index is 484. The van der Waals surface area contributed by atoms with E-state index in [2.05, 4.69) is 4.90 Å². The molecule has 1 aromatic carbocycles. The number of nitrogens with two attached hydrogens (primary N) is 1. The highest BCUT2D eigenvalue weighted by atomic mass is 16.5. The molecule has 4 nitrogen and oxygen atoms in total. The van der Waals surface area contributed by atoms with Crippen LogP contribution in [0.15, 0.2) is 18.2 Å². The second-order valence-corrected chi connectivity index (χ2v) is 6.35. The van der Waals surface area contributed by atoms with E-state index in [1.54, 1.807) is 14.2 Å². The summed E-state index contributed by atoms with van der Waals surface area (Å²) in [7, 11) is 3.32. The van der Waals surface area contributed by atoms with Gasteiger partial charge in [0.25, 0.3) is 0 Å². The molecule has 2 saturated carbocycles. The molecule has 2 N–H and O–H groups in total. The third-order valence-corrected chi connectivity index (χ3v) is 4.52. The maximum atomic E-state index is 6.43. The lowest BCUT2D eigenvalue weighted by Crippen LogP contribution is -2.35. The Hall–Kier alpha value is -1.26. The smallest absolute Gasteiger partial charge is 0.161 e. The third-order valence-electron chi connectivity index (χ3n) is 4.52. The molecule has 1 aromatic rings. The van der Waals surface area contributed by atoms with Crippen LogP contribution in [0.25, 0.3) is 0 Å². The molecule has 0 spiro atoms. The number of nitrogens with zero attached hydrogens (tertiary/aromatic N) is 1. The van der Waals surface area contributed by atoms with E-state index in [1.807, 2.05) is 18.2 Å². The molecule has 1 atom stereocenters. The highest BCUT2D eigenvalue weighted by Gasteiger charge is 2.34. The van der Waals surface area contributed by atoms with Gasteiger partial charge in [0.2, 0.25) is 0 Å². The standard InChI is InChI=1S/C17H26N2O2/c1-20-16-8-5-13(9-17(16)21-2)15(18)11-19(14-6-7-14)10-12-3-4-12/h5,8-9,12,14-15H,3-4,6-7,10-11,18H2,1-2H3. The van der Waals surface area contributed by atoms with Crippen LogP contribution in [-0.2, 0) is 0 Å². The molecule has 0 heterocycles. The Balaban J connectivity index is 1.66. The van der Waals surface area contributed by atoms with Gasteiger partial charge in [-0.15, -0.1) is 0 Å². The van der Waals surface area contributed by atoms with E-state index in [4.69, 9.17) is 15.2 Å². The molecule has 0 aromatic heterocycles. The topological polar surface area (TPSA) is 47.7 Å². The summed E-state index contributed by atoms with van der Waals surface area (Å²) in [6.07, 6.45) is 5.47. The zero-order valence-corrected chi connectivity index (χ0v) is 13.0. The van der Waals surface area contributed by atoms with Gasteiger partial charge in [-0.2, -0.15) is 0 Å². The van der Waals surface area contributed by atoms with E-state index in [0.717, 1.165) is 35.6 Å². The number of ether oxygens (including phenoxy) is 2. The maximum Gasteiger partial charge on any atom is 0.161 e. The van der Waals surface area contributed by atoms with Gasteiger partial charge < -0.3 is 15.2 Å². The molecule has 2 fully saturated rings. The Morgan fingerprint density at radius 1 is 1.14 bits per heavy atom. The Morgan fingerprint density at radius 3 is 2.43 bits per heavy atom. The molecular weight excluding hydrogens is 264 g/mol. The van der Waals surface area contributed by atoms with Crippen LogP contribution in [0.2, 0.25) is 0 Å². The van der Waals surface area contributed by atoms with Crippen LogP contribution in [0, 0.1) is 5.92 Å². The van der Waals surface area contributed by atoms with Crippen LogP contribution in [0.1, 0.15) is 37.3 Å². The Labute approximate surface area is 127 Å². The van der Waals surface area contributed by atoms with E-state index in [-0.39, 0.29) is 6.04 Å². The third kappa shape index (κ3) is 3.69. The van der Waals surface area contributed by atoms with Crippen molar-refractivity contribution in [3.8, 4) is 11.5 Å². The molecule has 0 aliphatic heterocycles. The van der Waals surface area contributed by atoms with Crippen LogP contribution < -0.4 is 15.2 Å². The molecule has 21 heavy (non-hydrogen) atoms. The van der Waals surface area contributed by atoms with Crippen LogP contribution in [0.5, 0.6) is 11.5 Å². The normalized spacial score (nSPS) is 19.6. The Kier molecular flexibility index (Phi) is 4.36. The number of benzene rings is 1. The second-order valence-electron chi connectivity index (χ2n) is 6.35. The summed E-state index contributed by atoms with van der Waals surface area (Å²) < 4.78 is 10.7. The molecule has 2 aliphatic rings. The summed E-state index contributed by atoms with van der Waals surface area (Å²) >= 11 is 0. The van der Waals surface area contributed by atoms with Gasteiger partial charge in [0.05, 0.1) is 14.2 Å². The molecule has 2 aliphatic carbocycles. The van der Waals surface area contributed by atoms with Gasteiger partial charge in [-0.25, -0.2) is 0 Å². The lowest BCUT2D eigenvalue weighted by atomic mass is 10.1. The van der Waals surface area contributed by atoms with Gasteiger partial charge >= 0.3 is 0 Å². The van der Waals surface area contributed by atoms with Crippen molar-refractivity contribution in [1.29, 1.82) is 0 Å². The van der Waals surface area contributed by atoms with Gasteiger partial charge in [-0.3, -0.25) is 4.90 Å². The van der Waals surface area contributed by atoms with Crippen molar-refractivity contribution >= 4 is 0 Å². The largest absolute Gasteiger partial charge is 0.493 e. The number of rotatable bonds is 8. The van der Waals surface area contributed by atoms with E-state index in [9.17, 15) is 0 Å². The number of hydrogen-bond donors (Lipinski definition) is 1. The molecule has 116 valence electrons. The first-order valence-electron chi connectivity index (χ1n) is 7.92. The average molecular weight is 290 g/mol. The zero-order valence-electron chi connectivity index (χ0n) is 13.0. The van der Waals surface area contributed by atoms with Crippen molar-refractivity contribution in [3.05, 3.63) is 23.8 Å². The highest BCUT2D eigenvalue weighted by molar-refractivity contribution is 5.43. The second kappa shape index (κ2) is 6.24. The summed E-state index contributed by atoms with van der Waals surface area (Å²) in [6.45, 7) is 2.17. The molecule has 0 bridgehead atoms. The first-order valence-corrected chi connectivity index (χ1v) is 7.92. The summed E-state index contributed by atoms with van der Waals surface area (Å²) in [4.78, 5) is 2.60. The first kappa shape index (κ1) is 14.7. The van der Waals surface area contributed by atoms with Gasteiger partial charge in [0.1, 0.15) is 0 Å². The molecule has 0 saturated heterocycles. The predicted molar refractivity (Wildman–Crippen MR) is 83.8 cm³/mol. The summed E-state index contributed by atoms with van der Waals surface area (Å²) in [5.41, 5.74) is 7.55. The van der Waals surface area contributed by atoms with Crippen molar-refractivity contribution in [3.63, 3.8) is 0 Å². The maximum absolute atomic E-state index is 6.43. The predicted octanol–water partition coefficient (Wildman–Crippen LogP) is 2.58. The molecule has 4 heteroatoms. The fourth-order valence-corrected chi connectivity index (χ4v) is 2.89. The lowest BCUT2D eigenvalue weighted by molar-refractivity contribution is 0.237. The van der Waals surface area contributed by atoms with Crippen molar-refractivity contribution in [2.24, 2.45) is 11.7 Å². The minimum absolute atomic E-state index is 0.0316. The fourth-order valence-electron chi connectivity index (χ4n) is 2.89. The molecule has 3 rings (SSSR count). The zero-order chi connectivity index (χ0) is 14.8. The Morgan fingerprint density at radius 2 is 1.86 bits per heavy atom. The average Bonchev–Trinajstić information content (AvgIpc) is 3.38. The van der Waals surface area contributed by atoms with Gasteiger partial charge in [-0.1, -0.05) is 6.07 Å². The monoisotopic (exact) mass is 290 g/mol. The fraction of sp³-hybridized carbons (Fsp3) is 0.647. The molecule has 1 unspecified atom stereocenters. The van der Waals surface area contributed by atoms with E-state index < -0.39 is 0 Å². The van der Waals surface area contributed by atoms with E-state index in [0.29, 0.717) is 0 Å². The van der Waals surface area contributed by atoms with Gasteiger partial charge in [-0.05, 0) is 49.3 Å². The van der Waals surface area contributed by atoms with Crippen molar-refractivity contribution < 1.29 is 9.47 Å². The SMILES string of the molecule is COc1ccc(C(N)CN(CC2CC2)C2CC2)cc1OC. The number of hydrogen-bond acceptors (Lipinski definition) is 4. The van der Waals surface area contributed by atoms with Crippen LogP contribution in [0.4, 0.5) is 0 Å². The minimum atomic E-state index is 0.0316. The van der Waals surface area contributed by atoms with Crippen molar-refractivity contribution in [2.75, 3.05) is 27.3 Å². The summed E-state index contributed by atoms with van der Waals surface area (Å²) in [5, 5.41) is 0. The molecule has 0 radical (unpaired) electrons. The molecular formula is C17H26N2O2. The number of methoxy groups -OCH3 is 2. The minimum Gasteiger partial charge on any atom is -0.493 e. The van der Waals surface area contributed by atoms with E-state index in [1.165, 1.54) is 32.2 Å². The van der Waals surface area contributed by atoms with Crippen molar-refractivity contribution in [2.45, 2.75) is 37.8 Å². The summed E-state index contributed by atoms with van der Waals surface area (Å²) in [5.74, 6) is 2.43. The summed E-state index contributed by atoms with van der Waals surface area (Å²) in [6, 6.07) is 6.80. The molecule has 0 amide bonds. The van der Waals surface area contributed by atoms with E-state index >= 15 is 0 Å². The lowest BCUT2D eigenvalue weighted by Gasteiger charge is -2.26. The first-order chi connectivity index (χ1) is 10.2. The van der Waals surface area contributed by atoms with Gasteiger partial charge in [0, 0.05) is 25.2 Å². The van der Waals surface area contributed by atoms with Crippen molar-refractivity contribution in [1.82, 2.24) is 4.90 Å². The van der Waals surface area contributed by atoms with Crippen LogP contribution in [0.3, 0.4) is 0 Å². The highest BCUT2D eigenvalue weighted by Crippen LogP contribution is 2.36.